The van der Waals surface area contributed by atoms with Gasteiger partial charge in [-0.15, -0.1) is 5.10 Å². The van der Waals surface area contributed by atoms with Gasteiger partial charge < -0.3 is 18.9 Å². The topological polar surface area (TPSA) is 110 Å². The minimum Gasteiger partial charge on any atom is -0.381 e. The molecule has 2 aliphatic rings. The fourth-order valence-corrected chi connectivity index (χ4v) is 4.08. The summed E-state index contributed by atoms with van der Waals surface area (Å²) in [6.07, 6.45) is 3.15. The molecular weight excluding hydrogens is 372 g/mol. The summed E-state index contributed by atoms with van der Waals surface area (Å²) in [7, 11) is 1.69. The normalized spacial score (nSPS) is 19.9. The lowest BCUT2D eigenvalue weighted by atomic mass is 9.90. The van der Waals surface area contributed by atoms with Gasteiger partial charge in [-0.2, -0.15) is 15.3 Å². The highest BCUT2D eigenvalue weighted by Gasteiger charge is 2.42. The van der Waals surface area contributed by atoms with Crippen molar-refractivity contribution in [3.05, 3.63) is 28.5 Å². The van der Waals surface area contributed by atoms with E-state index in [9.17, 15) is 5.26 Å². The maximum absolute atomic E-state index is 9.60. The molecule has 4 heterocycles. The molecule has 0 bridgehead atoms. The lowest BCUT2D eigenvalue weighted by Gasteiger charge is -2.39. The van der Waals surface area contributed by atoms with Crippen molar-refractivity contribution in [3.63, 3.8) is 0 Å². The number of anilines is 1. The van der Waals surface area contributed by atoms with Crippen LogP contribution in [0, 0.1) is 25.2 Å². The van der Waals surface area contributed by atoms with Crippen LogP contribution < -0.4 is 4.90 Å². The second-order valence-electron chi connectivity index (χ2n) is 7.75. The molecule has 2 aromatic rings. The second kappa shape index (κ2) is 8.05. The number of hydrogen-bond donors (Lipinski definition) is 0. The zero-order chi connectivity index (χ0) is 20.4. The quantitative estimate of drug-likeness (QED) is 0.766. The maximum atomic E-state index is 9.60. The summed E-state index contributed by atoms with van der Waals surface area (Å²) in [5.74, 6) is 2.19. The maximum Gasteiger partial charge on any atom is 0.259 e. The van der Waals surface area contributed by atoms with Gasteiger partial charge in [-0.3, -0.25) is 0 Å². The molecule has 0 spiro atoms. The first-order valence-corrected chi connectivity index (χ1v) is 10.0. The van der Waals surface area contributed by atoms with E-state index in [1.807, 2.05) is 13.8 Å². The third-order valence-electron chi connectivity index (χ3n) is 6.23. The van der Waals surface area contributed by atoms with Gasteiger partial charge in [0.25, 0.3) is 5.89 Å². The van der Waals surface area contributed by atoms with Crippen molar-refractivity contribution in [1.82, 2.24) is 20.3 Å². The highest BCUT2D eigenvalue weighted by Crippen LogP contribution is 2.38. The molecule has 4 rings (SSSR count). The van der Waals surface area contributed by atoms with E-state index in [1.165, 1.54) is 0 Å². The summed E-state index contributed by atoms with van der Waals surface area (Å²) in [5, 5.41) is 22.3. The number of aryl methyl sites for hydroxylation is 1. The van der Waals surface area contributed by atoms with E-state index >= 15 is 0 Å². The summed E-state index contributed by atoms with van der Waals surface area (Å²) < 4.78 is 17.0. The van der Waals surface area contributed by atoms with E-state index in [1.54, 1.807) is 7.11 Å². The molecule has 2 aliphatic heterocycles. The van der Waals surface area contributed by atoms with Gasteiger partial charge in [0.2, 0.25) is 0 Å². The number of ether oxygens (including phenoxy) is 2. The molecule has 9 nitrogen and oxygen atoms in total. The summed E-state index contributed by atoms with van der Waals surface area (Å²) >= 11 is 0. The van der Waals surface area contributed by atoms with Crippen LogP contribution in [0.4, 0.5) is 5.82 Å². The SMILES string of the molecule is COC1(c2nc(C3CCOCC3)no2)CCN(c2nnc(C)c(C)c2C#N)CC1. The number of aromatic nitrogens is 4. The summed E-state index contributed by atoms with van der Waals surface area (Å²) in [5.41, 5.74) is 1.62. The zero-order valence-electron chi connectivity index (χ0n) is 17.1. The van der Waals surface area contributed by atoms with Gasteiger partial charge in [0.05, 0.1) is 5.69 Å². The average molecular weight is 398 g/mol. The van der Waals surface area contributed by atoms with E-state index in [0.717, 1.165) is 43.1 Å². The third-order valence-corrected chi connectivity index (χ3v) is 6.23. The van der Waals surface area contributed by atoms with Crippen molar-refractivity contribution in [3.8, 4) is 6.07 Å². The summed E-state index contributed by atoms with van der Waals surface area (Å²) in [6, 6.07) is 2.28. The minimum absolute atomic E-state index is 0.277. The van der Waals surface area contributed by atoms with Gasteiger partial charge >= 0.3 is 0 Å². The lowest BCUT2D eigenvalue weighted by Crippen LogP contribution is -2.44. The molecule has 154 valence electrons. The molecule has 2 fully saturated rings. The molecule has 29 heavy (non-hydrogen) atoms. The van der Waals surface area contributed by atoms with E-state index in [0.29, 0.717) is 43.2 Å². The average Bonchev–Trinajstić information content (AvgIpc) is 3.27. The van der Waals surface area contributed by atoms with Crippen LogP contribution in [0.1, 0.15) is 60.1 Å². The van der Waals surface area contributed by atoms with Crippen LogP contribution in [0.3, 0.4) is 0 Å². The monoisotopic (exact) mass is 398 g/mol. The van der Waals surface area contributed by atoms with Gasteiger partial charge in [-0.1, -0.05) is 5.16 Å². The van der Waals surface area contributed by atoms with Crippen molar-refractivity contribution in [2.75, 3.05) is 38.3 Å². The molecule has 0 unspecified atom stereocenters. The molecule has 0 radical (unpaired) electrons. The second-order valence-corrected chi connectivity index (χ2v) is 7.75. The van der Waals surface area contributed by atoms with Crippen molar-refractivity contribution in [2.45, 2.75) is 51.0 Å². The van der Waals surface area contributed by atoms with Crippen molar-refractivity contribution in [2.24, 2.45) is 0 Å². The largest absolute Gasteiger partial charge is 0.381 e. The standard InChI is InChI=1S/C20H26N6O3/c1-13-14(2)23-24-18(16(13)12-21)26-8-6-20(27-3,7-9-26)19-22-17(25-29-19)15-4-10-28-11-5-15/h15H,4-11H2,1-3H3. The number of nitriles is 1. The first kappa shape index (κ1) is 19.7. The van der Waals surface area contributed by atoms with Gasteiger partial charge in [0.15, 0.2) is 11.6 Å². The first-order chi connectivity index (χ1) is 14.1. The summed E-state index contributed by atoms with van der Waals surface area (Å²) in [6.45, 7) is 6.56. The summed E-state index contributed by atoms with van der Waals surface area (Å²) in [4.78, 5) is 6.79. The van der Waals surface area contributed by atoms with E-state index < -0.39 is 5.60 Å². The van der Waals surface area contributed by atoms with Crippen LogP contribution in [-0.4, -0.2) is 53.8 Å². The van der Waals surface area contributed by atoms with Crippen molar-refractivity contribution >= 4 is 5.82 Å². The molecule has 9 heteroatoms. The number of nitrogens with zero attached hydrogens (tertiary/aromatic N) is 6. The van der Waals surface area contributed by atoms with Gasteiger partial charge in [-0.05, 0) is 32.3 Å². The zero-order valence-corrected chi connectivity index (χ0v) is 17.1. The van der Waals surface area contributed by atoms with E-state index in [2.05, 4.69) is 26.3 Å². The van der Waals surface area contributed by atoms with Crippen LogP contribution in [-0.2, 0) is 15.1 Å². The molecule has 0 aromatic carbocycles. The minimum atomic E-state index is -0.618. The fourth-order valence-electron chi connectivity index (χ4n) is 4.08. The molecule has 0 aliphatic carbocycles. The fraction of sp³-hybridized carbons (Fsp3) is 0.650. The van der Waals surface area contributed by atoms with Gasteiger partial charge in [-0.25, -0.2) is 0 Å². The predicted octanol–water partition coefficient (Wildman–Crippen LogP) is 2.38. The van der Waals surface area contributed by atoms with Crippen LogP contribution in [0.2, 0.25) is 0 Å². The highest BCUT2D eigenvalue weighted by molar-refractivity contribution is 5.57. The Kier molecular flexibility index (Phi) is 5.48. The Bertz CT molecular complexity index is 907. The molecular formula is C20H26N6O3. The number of hydrogen-bond acceptors (Lipinski definition) is 9. The molecule has 0 saturated carbocycles. The Hall–Kier alpha value is -2.57. The Morgan fingerprint density at radius 3 is 2.55 bits per heavy atom. The van der Waals surface area contributed by atoms with Crippen molar-refractivity contribution in [1.29, 1.82) is 5.26 Å². The molecule has 0 amide bonds. The van der Waals surface area contributed by atoms with E-state index in [-0.39, 0.29) is 5.92 Å². The van der Waals surface area contributed by atoms with Gasteiger partial charge in [0, 0.05) is 52.2 Å². The Morgan fingerprint density at radius 2 is 1.90 bits per heavy atom. The Labute approximate surface area is 170 Å². The molecule has 2 aromatic heterocycles. The number of rotatable bonds is 4. The Morgan fingerprint density at radius 1 is 1.17 bits per heavy atom. The predicted molar refractivity (Wildman–Crippen MR) is 103 cm³/mol. The van der Waals surface area contributed by atoms with Crippen LogP contribution in [0.25, 0.3) is 0 Å². The van der Waals surface area contributed by atoms with Crippen molar-refractivity contribution < 1.29 is 14.0 Å². The molecule has 0 atom stereocenters. The lowest BCUT2D eigenvalue weighted by molar-refractivity contribution is -0.0583. The number of piperidine rings is 1. The smallest absolute Gasteiger partial charge is 0.259 e. The molecule has 2 saturated heterocycles. The van der Waals surface area contributed by atoms with Crippen LogP contribution in [0.5, 0.6) is 0 Å². The van der Waals surface area contributed by atoms with Crippen LogP contribution >= 0.6 is 0 Å². The third kappa shape index (κ3) is 3.58. The molecule has 0 N–H and O–H groups in total. The number of methoxy groups -OCH3 is 1. The van der Waals surface area contributed by atoms with E-state index in [4.69, 9.17) is 19.0 Å². The first-order valence-electron chi connectivity index (χ1n) is 10.0. The highest BCUT2D eigenvalue weighted by atomic mass is 16.5. The van der Waals surface area contributed by atoms with Crippen LogP contribution in [0.15, 0.2) is 4.52 Å². The van der Waals surface area contributed by atoms with Gasteiger partial charge in [0.1, 0.15) is 17.2 Å². The Balaban J connectivity index is 1.52.